The second-order valence-corrected chi connectivity index (χ2v) is 5.04. The number of aromatic nitrogens is 2. The third-order valence-electron chi connectivity index (χ3n) is 2.68. The van der Waals surface area contributed by atoms with Gasteiger partial charge >= 0.3 is 0 Å². The average molecular weight is 301 g/mol. The first-order valence-corrected chi connectivity index (χ1v) is 5.95. The third kappa shape index (κ3) is 3.68. The van der Waals surface area contributed by atoms with E-state index in [1.807, 2.05) is 0 Å². The summed E-state index contributed by atoms with van der Waals surface area (Å²) >= 11 is 0. The highest BCUT2D eigenvalue weighted by Crippen LogP contribution is 2.19. The van der Waals surface area contributed by atoms with Gasteiger partial charge in [-0.05, 0) is 26.0 Å². The Morgan fingerprint density at radius 2 is 2.00 bits per heavy atom. The summed E-state index contributed by atoms with van der Waals surface area (Å²) in [6.45, 7) is 3.91. The smallest absolute Gasteiger partial charge is 0.246 e. The van der Waals surface area contributed by atoms with E-state index in [4.69, 9.17) is 10.3 Å². The van der Waals surface area contributed by atoms with Crippen LogP contribution >= 0.6 is 12.4 Å². The maximum Gasteiger partial charge on any atom is 0.246 e. The molecule has 0 unspecified atom stereocenters. The van der Waals surface area contributed by atoms with E-state index in [1.54, 1.807) is 44.0 Å². The summed E-state index contributed by atoms with van der Waals surface area (Å²) in [7, 11) is 1.76. The lowest BCUT2D eigenvalue weighted by molar-refractivity contribution is 0.360. The quantitative estimate of drug-likeness (QED) is 0.939. The van der Waals surface area contributed by atoms with E-state index in [9.17, 15) is 4.39 Å². The summed E-state index contributed by atoms with van der Waals surface area (Å²) in [5, 5.41) is 3.83. The van der Waals surface area contributed by atoms with E-state index < -0.39 is 5.54 Å². The van der Waals surface area contributed by atoms with Crippen LogP contribution in [0.5, 0.6) is 0 Å². The maximum atomic E-state index is 13.6. The van der Waals surface area contributed by atoms with Crippen molar-refractivity contribution >= 4 is 18.1 Å². The van der Waals surface area contributed by atoms with Gasteiger partial charge < -0.3 is 15.2 Å². The van der Waals surface area contributed by atoms with Gasteiger partial charge in [-0.2, -0.15) is 4.98 Å². The van der Waals surface area contributed by atoms with Crippen molar-refractivity contribution in [3.05, 3.63) is 41.8 Å². The molecule has 7 heteroatoms. The predicted octanol–water partition coefficient (Wildman–Crippen LogP) is 2.46. The van der Waals surface area contributed by atoms with Gasteiger partial charge in [0.05, 0.1) is 17.8 Å². The molecule has 0 saturated carbocycles. The molecule has 0 aliphatic heterocycles. The van der Waals surface area contributed by atoms with Crippen molar-refractivity contribution in [1.82, 2.24) is 10.1 Å². The molecule has 20 heavy (non-hydrogen) atoms. The fraction of sp³-hybridized carbons (Fsp3) is 0.385. The van der Waals surface area contributed by atoms with Gasteiger partial charge in [0.15, 0.2) is 5.82 Å². The summed E-state index contributed by atoms with van der Waals surface area (Å²) in [4.78, 5) is 5.91. The van der Waals surface area contributed by atoms with Gasteiger partial charge in [0.25, 0.3) is 0 Å². The molecular weight excluding hydrogens is 283 g/mol. The van der Waals surface area contributed by atoms with Crippen LogP contribution in [0.25, 0.3) is 0 Å². The largest absolute Gasteiger partial charge is 0.363 e. The molecule has 1 aromatic heterocycles. The molecule has 1 heterocycles. The van der Waals surface area contributed by atoms with Crippen LogP contribution in [0.15, 0.2) is 28.8 Å². The van der Waals surface area contributed by atoms with Crippen LogP contribution in [-0.2, 0) is 12.1 Å². The van der Waals surface area contributed by atoms with E-state index in [1.165, 1.54) is 6.07 Å². The van der Waals surface area contributed by atoms with Crippen molar-refractivity contribution in [2.24, 2.45) is 5.73 Å². The summed E-state index contributed by atoms with van der Waals surface area (Å²) in [5.41, 5.74) is 5.70. The number of nitrogens with two attached hydrogens (primary N) is 1. The number of hydrogen-bond donors (Lipinski definition) is 1. The van der Waals surface area contributed by atoms with Gasteiger partial charge in [-0.25, -0.2) is 4.39 Å². The summed E-state index contributed by atoms with van der Waals surface area (Å²) in [6, 6.07) is 6.53. The monoisotopic (exact) mass is 300 g/mol. The first kappa shape index (κ1) is 16.4. The molecule has 0 atom stereocenters. The predicted molar refractivity (Wildman–Crippen MR) is 77.3 cm³/mol. The number of benzene rings is 1. The fourth-order valence-electron chi connectivity index (χ4n) is 1.63. The Morgan fingerprint density at radius 3 is 2.55 bits per heavy atom. The standard InChI is InChI=1S/C13H17FN4O.ClH/c1-13(2,15)12-16-11(19-17-12)8-18(3)10-7-5-4-6-9(10)14;/h4-7H,8,15H2,1-3H3;1H. The van der Waals surface area contributed by atoms with Crippen molar-refractivity contribution in [2.75, 3.05) is 11.9 Å². The minimum absolute atomic E-state index is 0. The second kappa shape index (κ2) is 6.19. The zero-order valence-electron chi connectivity index (χ0n) is 11.6. The molecule has 0 aliphatic rings. The van der Waals surface area contributed by atoms with Crippen LogP contribution in [-0.4, -0.2) is 17.2 Å². The number of halogens is 2. The van der Waals surface area contributed by atoms with Gasteiger partial charge in [0.1, 0.15) is 5.82 Å². The molecule has 2 N–H and O–H groups in total. The summed E-state index contributed by atoms with van der Waals surface area (Å²) < 4.78 is 18.7. The van der Waals surface area contributed by atoms with Crippen LogP contribution in [0.3, 0.4) is 0 Å². The summed E-state index contributed by atoms with van der Waals surface area (Å²) in [5.74, 6) is 0.549. The molecule has 0 spiro atoms. The number of rotatable bonds is 4. The topological polar surface area (TPSA) is 68.2 Å². The lowest BCUT2D eigenvalue weighted by atomic mass is 10.1. The lowest BCUT2D eigenvalue weighted by Gasteiger charge is -2.17. The van der Waals surface area contributed by atoms with Crippen molar-refractivity contribution < 1.29 is 8.91 Å². The molecule has 5 nitrogen and oxygen atoms in total. The molecule has 1 aromatic carbocycles. The zero-order valence-corrected chi connectivity index (χ0v) is 12.4. The van der Waals surface area contributed by atoms with Gasteiger partial charge in [0.2, 0.25) is 5.89 Å². The summed E-state index contributed by atoms with van der Waals surface area (Å²) in [6.07, 6.45) is 0. The van der Waals surface area contributed by atoms with Crippen LogP contribution in [0.1, 0.15) is 25.6 Å². The number of nitrogens with zero attached hydrogens (tertiary/aromatic N) is 3. The van der Waals surface area contributed by atoms with Crippen LogP contribution in [0.4, 0.5) is 10.1 Å². The highest BCUT2D eigenvalue weighted by atomic mass is 35.5. The molecule has 2 aromatic rings. The highest BCUT2D eigenvalue weighted by Gasteiger charge is 2.22. The maximum absolute atomic E-state index is 13.6. The Labute approximate surface area is 123 Å². The molecular formula is C13H18ClFN4O. The molecule has 0 amide bonds. The van der Waals surface area contributed by atoms with Crippen molar-refractivity contribution in [3.63, 3.8) is 0 Å². The fourth-order valence-corrected chi connectivity index (χ4v) is 1.63. The first-order chi connectivity index (χ1) is 8.88. The van der Waals surface area contributed by atoms with Crippen molar-refractivity contribution in [2.45, 2.75) is 25.9 Å². The molecule has 0 fully saturated rings. The average Bonchev–Trinajstić information content (AvgIpc) is 2.77. The first-order valence-electron chi connectivity index (χ1n) is 5.95. The Balaban J connectivity index is 0.00000200. The minimum Gasteiger partial charge on any atom is -0.363 e. The Bertz CT molecular complexity index is 567. The van der Waals surface area contributed by atoms with Crippen LogP contribution in [0, 0.1) is 5.82 Å². The molecule has 0 bridgehead atoms. The molecule has 0 aliphatic carbocycles. The van der Waals surface area contributed by atoms with Crippen molar-refractivity contribution in [1.29, 1.82) is 0 Å². The number of para-hydroxylation sites is 1. The van der Waals surface area contributed by atoms with Crippen LogP contribution < -0.4 is 10.6 Å². The van der Waals surface area contributed by atoms with E-state index in [0.29, 0.717) is 23.9 Å². The number of hydrogen-bond acceptors (Lipinski definition) is 5. The van der Waals surface area contributed by atoms with Gasteiger partial charge in [0, 0.05) is 7.05 Å². The second-order valence-electron chi connectivity index (χ2n) is 5.04. The SMILES string of the molecule is CN(Cc1nc(C(C)(C)N)no1)c1ccccc1F.Cl. The molecule has 0 saturated heterocycles. The molecule has 2 rings (SSSR count). The van der Waals surface area contributed by atoms with Gasteiger partial charge in [-0.15, -0.1) is 12.4 Å². The van der Waals surface area contributed by atoms with Crippen molar-refractivity contribution in [3.8, 4) is 0 Å². The zero-order chi connectivity index (χ0) is 14.0. The van der Waals surface area contributed by atoms with E-state index in [2.05, 4.69) is 10.1 Å². The number of anilines is 1. The molecule has 110 valence electrons. The van der Waals surface area contributed by atoms with E-state index >= 15 is 0 Å². The van der Waals surface area contributed by atoms with Crippen LogP contribution in [0.2, 0.25) is 0 Å². The minimum atomic E-state index is -0.654. The Morgan fingerprint density at radius 1 is 1.35 bits per heavy atom. The Hall–Kier alpha value is -1.66. The Kier molecular flexibility index (Phi) is 5.08. The molecule has 0 radical (unpaired) electrons. The van der Waals surface area contributed by atoms with E-state index in [0.717, 1.165) is 0 Å². The highest BCUT2D eigenvalue weighted by molar-refractivity contribution is 5.85. The normalized spacial score (nSPS) is 11.1. The lowest BCUT2D eigenvalue weighted by Crippen LogP contribution is -2.30. The van der Waals surface area contributed by atoms with Gasteiger partial charge in [-0.3, -0.25) is 0 Å². The third-order valence-corrected chi connectivity index (χ3v) is 2.68. The van der Waals surface area contributed by atoms with Gasteiger partial charge in [-0.1, -0.05) is 17.3 Å². The van der Waals surface area contributed by atoms with E-state index in [-0.39, 0.29) is 18.2 Å².